The van der Waals surface area contributed by atoms with E-state index in [1.165, 1.54) is 16.5 Å². The highest BCUT2D eigenvalue weighted by atomic mass is 16.5. The quantitative estimate of drug-likeness (QED) is 0.347. The Bertz CT molecular complexity index is 1430. The van der Waals surface area contributed by atoms with Gasteiger partial charge in [0.15, 0.2) is 6.10 Å². The fourth-order valence-corrected chi connectivity index (χ4v) is 5.53. The molecule has 4 aromatic rings. The number of hydrogen-bond donors (Lipinski definition) is 1. The molecular weight excluding hydrogens is 422 g/mol. The topological polar surface area (TPSA) is 59.4 Å². The zero-order valence-corrected chi connectivity index (χ0v) is 20.6. The van der Waals surface area contributed by atoms with Crippen LogP contribution in [-0.4, -0.2) is 21.7 Å². The number of para-hydroxylation sites is 1. The summed E-state index contributed by atoms with van der Waals surface area (Å²) < 4.78 is 6.14. The Balaban J connectivity index is 1.91. The Morgan fingerprint density at radius 2 is 1.59 bits per heavy atom. The van der Waals surface area contributed by atoms with E-state index in [0.29, 0.717) is 23.1 Å². The van der Waals surface area contributed by atoms with Gasteiger partial charge in [-0.1, -0.05) is 62.4 Å². The molecule has 0 radical (unpaired) electrons. The predicted molar refractivity (Wildman–Crippen MR) is 137 cm³/mol. The number of ether oxygens (including phenoxy) is 1. The average Bonchev–Trinajstić information content (AvgIpc) is 3.03. The summed E-state index contributed by atoms with van der Waals surface area (Å²) in [6.45, 7) is 12.1. The van der Waals surface area contributed by atoms with Gasteiger partial charge >= 0.3 is 5.97 Å². The van der Waals surface area contributed by atoms with Gasteiger partial charge in [0.1, 0.15) is 0 Å². The van der Waals surface area contributed by atoms with Crippen LogP contribution in [0.1, 0.15) is 74.9 Å². The van der Waals surface area contributed by atoms with Crippen molar-refractivity contribution in [3.8, 4) is 11.1 Å². The van der Waals surface area contributed by atoms with Gasteiger partial charge in [0, 0.05) is 16.6 Å². The normalized spacial score (nSPS) is 18.5. The first-order valence-electron chi connectivity index (χ1n) is 11.9. The van der Waals surface area contributed by atoms with Crippen molar-refractivity contribution in [2.75, 3.05) is 0 Å². The molecule has 5 rings (SSSR count). The van der Waals surface area contributed by atoms with Crippen molar-refractivity contribution in [3.63, 3.8) is 0 Å². The molecule has 1 aliphatic carbocycles. The van der Waals surface area contributed by atoms with Gasteiger partial charge in [-0.15, -0.1) is 0 Å². The van der Waals surface area contributed by atoms with Crippen molar-refractivity contribution in [1.29, 1.82) is 0 Å². The third-order valence-electron chi connectivity index (χ3n) is 7.18. The number of aliphatic carboxylic acids is 1. The summed E-state index contributed by atoms with van der Waals surface area (Å²) in [6, 6.07) is 18.9. The molecule has 4 nitrogen and oxygen atoms in total. The van der Waals surface area contributed by atoms with E-state index >= 15 is 0 Å². The van der Waals surface area contributed by atoms with Gasteiger partial charge in [0.2, 0.25) is 0 Å². The molecule has 1 N–H and O–H groups in total. The van der Waals surface area contributed by atoms with Crippen LogP contribution in [0.25, 0.3) is 32.8 Å². The summed E-state index contributed by atoms with van der Waals surface area (Å²) in [5.74, 6) is -0.120. The lowest BCUT2D eigenvalue weighted by Gasteiger charge is -2.28. The van der Waals surface area contributed by atoms with Gasteiger partial charge < -0.3 is 9.84 Å². The van der Waals surface area contributed by atoms with Gasteiger partial charge in [0.05, 0.1) is 11.1 Å². The fraction of sp³-hybridized carbons (Fsp3) is 0.333. The maximum Gasteiger partial charge on any atom is 0.337 e. The van der Waals surface area contributed by atoms with Crippen LogP contribution >= 0.6 is 0 Å². The lowest BCUT2D eigenvalue weighted by Crippen LogP contribution is -2.28. The van der Waals surface area contributed by atoms with Gasteiger partial charge in [-0.05, 0) is 78.6 Å². The number of nitrogens with zero attached hydrogens (tertiary/aromatic N) is 1. The van der Waals surface area contributed by atoms with E-state index in [1.807, 2.05) is 52.0 Å². The number of fused-ring (bicyclic) bond motifs is 1. The monoisotopic (exact) mass is 453 g/mol. The summed E-state index contributed by atoms with van der Waals surface area (Å²) in [6.07, 6.45) is -1.13. The van der Waals surface area contributed by atoms with Gasteiger partial charge in [-0.3, -0.25) is 4.98 Å². The Hall–Kier alpha value is -3.24. The third-order valence-corrected chi connectivity index (χ3v) is 7.18. The number of carboxylic acid groups (broad SMARTS) is 1. The molecule has 34 heavy (non-hydrogen) atoms. The van der Waals surface area contributed by atoms with Gasteiger partial charge in [-0.2, -0.15) is 0 Å². The van der Waals surface area contributed by atoms with E-state index in [0.717, 1.165) is 27.4 Å². The standard InChI is InChI=1S/C30H31NO3/c1-16-17(2)20-14-15-22(21-12-9-11-19(16)26(20)21)27-23-10-7-8-13-24(23)31-18(3)25(27)28(29(32)33)34-30(4,5)6/h7-17,28H,1-6H3,(H,32,33)/t16?,17-,28+/m1/s1. The molecule has 0 spiro atoms. The Kier molecular flexibility index (Phi) is 5.25. The maximum atomic E-state index is 12.6. The average molecular weight is 454 g/mol. The van der Waals surface area contributed by atoms with Crippen molar-refractivity contribution < 1.29 is 14.6 Å². The van der Waals surface area contributed by atoms with Gasteiger partial charge in [-0.25, -0.2) is 4.79 Å². The van der Waals surface area contributed by atoms with Crippen molar-refractivity contribution in [2.45, 2.75) is 65.1 Å². The first-order chi connectivity index (χ1) is 16.1. The van der Waals surface area contributed by atoms with E-state index in [9.17, 15) is 9.90 Å². The van der Waals surface area contributed by atoms with Crippen molar-refractivity contribution in [3.05, 3.63) is 77.0 Å². The molecule has 1 heterocycles. The molecule has 0 saturated carbocycles. The Morgan fingerprint density at radius 3 is 2.26 bits per heavy atom. The van der Waals surface area contributed by atoms with Crippen LogP contribution in [0.15, 0.2) is 54.6 Å². The summed E-state index contributed by atoms with van der Waals surface area (Å²) in [4.78, 5) is 17.4. The lowest BCUT2D eigenvalue weighted by atomic mass is 9.87. The molecule has 3 aromatic carbocycles. The summed E-state index contributed by atoms with van der Waals surface area (Å²) >= 11 is 0. The minimum absolute atomic E-state index is 0.445. The molecule has 0 aliphatic heterocycles. The largest absolute Gasteiger partial charge is 0.479 e. The second-order valence-corrected chi connectivity index (χ2v) is 10.5. The molecular formula is C30H31NO3. The molecule has 4 heteroatoms. The van der Waals surface area contributed by atoms with Crippen LogP contribution in [0.5, 0.6) is 0 Å². The highest BCUT2D eigenvalue weighted by Crippen LogP contribution is 2.50. The number of carbonyl (C=O) groups is 1. The summed E-state index contributed by atoms with van der Waals surface area (Å²) in [7, 11) is 0. The van der Waals surface area contributed by atoms with E-state index in [4.69, 9.17) is 9.72 Å². The molecule has 174 valence electrons. The zero-order chi connectivity index (χ0) is 24.4. The number of pyridine rings is 1. The highest BCUT2D eigenvalue weighted by Gasteiger charge is 2.34. The van der Waals surface area contributed by atoms with Crippen LogP contribution in [0.2, 0.25) is 0 Å². The molecule has 1 unspecified atom stereocenters. The minimum Gasteiger partial charge on any atom is -0.479 e. The summed E-state index contributed by atoms with van der Waals surface area (Å²) in [5.41, 5.74) is 6.17. The van der Waals surface area contributed by atoms with Crippen LogP contribution in [0.4, 0.5) is 0 Å². The van der Waals surface area contributed by atoms with Crippen LogP contribution < -0.4 is 0 Å². The van der Waals surface area contributed by atoms with Crippen LogP contribution in [0, 0.1) is 6.92 Å². The second kappa shape index (κ2) is 7.92. The fourth-order valence-electron chi connectivity index (χ4n) is 5.53. The van der Waals surface area contributed by atoms with Gasteiger partial charge in [0.25, 0.3) is 0 Å². The minimum atomic E-state index is -1.13. The molecule has 1 aliphatic rings. The van der Waals surface area contributed by atoms with E-state index < -0.39 is 17.7 Å². The van der Waals surface area contributed by atoms with Crippen LogP contribution in [-0.2, 0) is 9.53 Å². The SMILES string of the molecule is Cc1nc2ccccc2c(-c2ccc3c4c(cccc24)C(C)[C@H]3C)c1[C@H](OC(C)(C)C)C(=O)O. The lowest BCUT2D eigenvalue weighted by molar-refractivity contribution is -0.160. The molecule has 0 amide bonds. The third kappa shape index (κ3) is 3.48. The molecule has 1 aromatic heterocycles. The molecule has 3 atom stereocenters. The molecule has 0 fully saturated rings. The van der Waals surface area contributed by atoms with E-state index in [-0.39, 0.29) is 0 Å². The predicted octanol–water partition coefficient (Wildman–Crippen LogP) is 7.52. The number of carboxylic acids is 1. The van der Waals surface area contributed by atoms with E-state index in [1.54, 1.807) is 0 Å². The number of aromatic nitrogens is 1. The van der Waals surface area contributed by atoms with E-state index in [2.05, 4.69) is 44.2 Å². The maximum absolute atomic E-state index is 12.6. The van der Waals surface area contributed by atoms with Crippen molar-refractivity contribution in [1.82, 2.24) is 4.98 Å². The number of rotatable bonds is 4. The summed E-state index contributed by atoms with van der Waals surface area (Å²) in [5, 5.41) is 13.7. The first kappa shape index (κ1) is 22.5. The second-order valence-electron chi connectivity index (χ2n) is 10.5. The number of aryl methyl sites for hydroxylation is 1. The first-order valence-corrected chi connectivity index (χ1v) is 11.9. The smallest absolute Gasteiger partial charge is 0.337 e. The van der Waals surface area contributed by atoms with Crippen molar-refractivity contribution in [2.24, 2.45) is 0 Å². The molecule has 0 bridgehead atoms. The Labute approximate surface area is 200 Å². The number of hydrogen-bond acceptors (Lipinski definition) is 3. The molecule has 0 saturated heterocycles. The zero-order valence-electron chi connectivity index (χ0n) is 20.6. The highest BCUT2D eigenvalue weighted by molar-refractivity contribution is 6.09. The number of benzene rings is 3. The van der Waals surface area contributed by atoms with Crippen molar-refractivity contribution >= 4 is 27.6 Å². The van der Waals surface area contributed by atoms with Crippen LogP contribution in [0.3, 0.4) is 0 Å². The Morgan fingerprint density at radius 1 is 0.941 bits per heavy atom.